The number of nitriles is 1. The summed E-state index contributed by atoms with van der Waals surface area (Å²) in [7, 11) is 0. The van der Waals surface area contributed by atoms with Gasteiger partial charge in [-0.1, -0.05) is 6.07 Å². The molecule has 29 heavy (non-hydrogen) atoms. The first-order valence-electron chi connectivity index (χ1n) is 10.1. The van der Waals surface area contributed by atoms with E-state index in [9.17, 15) is 9.59 Å². The molecular formula is C23H24N4O2. The SMILES string of the molecule is N#Cc1ccc(C(=O)N2CCC[C@@]3(CCC(=O)N(Cc4ccccn4)C3)C2)cc1. The highest BCUT2D eigenvalue weighted by Crippen LogP contribution is 2.39. The van der Waals surface area contributed by atoms with Crippen molar-refractivity contribution in [2.45, 2.75) is 32.2 Å². The number of piperidine rings is 2. The van der Waals surface area contributed by atoms with Crippen LogP contribution in [0.3, 0.4) is 0 Å². The topological polar surface area (TPSA) is 77.3 Å². The van der Waals surface area contributed by atoms with Crippen LogP contribution in [-0.2, 0) is 11.3 Å². The summed E-state index contributed by atoms with van der Waals surface area (Å²) in [6, 6.07) is 14.6. The van der Waals surface area contributed by atoms with Crippen LogP contribution in [-0.4, -0.2) is 46.2 Å². The first kappa shape index (κ1) is 19.1. The molecule has 0 aliphatic carbocycles. The third-order valence-electron chi connectivity index (χ3n) is 6.04. The number of nitrogens with zero attached hydrogens (tertiary/aromatic N) is 4. The first-order valence-corrected chi connectivity index (χ1v) is 10.1. The minimum atomic E-state index is -0.0524. The Balaban J connectivity index is 1.48. The van der Waals surface area contributed by atoms with Gasteiger partial charge in [-0.25, -0.2) is 0 Å². The van der Waals surface area contributed by atoms with Gasteiger partial charge in [0.05, 0.1) is 23.9 Å². The lowest BCUT2D eigenvalue weighted by Gasteiger charge is -2.48. The molecule has 2 aliphatic rings. The van der Waals surface area contributed by atoms with E-state index in [-0.39, 0.29) is 17.2 Å². The van der Waals surface area contributed by atoms with Crippen molar-refractivity contribution in [2.24, 2.45) is 5.41 Å². The molecule has 148 valence electrons. The maximum Gasteiger partial charge on any atom is 0.253 e. The zero-order valence-corrected chi connectivity index (χ0v) is 16.4. The Hall–Kier alpha value is -3.20. The van der Waals surface area contributed by atoms with Crippen LogP contribution in [0.15, 0.2) is 48.7 Å². The molecule has 2 fully saturated rings. The van der Waals surface area contributed by atoms with E-state index in [2.05, 4.69) is 11.1 Å². The van der Waals surface area contributed by atoms with Gasteiger partial charge in [0, 0.05) is 43.2 Å². The van der Waals surface area contributed by atoms with E-state index in [0.717, 1.165) is 31.5 Å². The van der Waals surface area contributed by atoms with Gasteiger partial charge in [-0.15, -0.1) is 0 Å². The van der Waals surface area contributed by atoms with Crippen molar-refractivity contribution in [3.05, 3.63) is 65.5 Å². The molecule has 1 spiro atoms. The van der Waals surface area contributed by atoms with Crippen molar-refractivity contribution in [1.29, 1.82) is 5.26 Å². The Morgan fingerprint density at radius 3 is 2.69 bits per heavy atom. The number of hydrogen-bond acceptors (Lipinski definition) is 4. The lowest BCUT2D eigenvalue weighted by atomic mass is 9.73. The number of carbonyl (C=O) groups excluding carboxylic acids is 2. The maximum absolute atomic E-state index is 13.0. The minimum Gasteiger partial charge on any atom is -0.338 e. The van der Waals surface area contributed by atoms with Gasteiger partial charge < -0.3 is 9.80 Å². The summed E-state index contributed by atoms with van der Waals surface area (Å²) in [4.78, 5) is 33.7. The van der Waals surface area contributed by atoms with E-state index in [1.165, 1.54) is 0 Å². The molecule has 1 atom stereocenters. The van der Waals surface area contributed by atoms with Gasteiger partial charge in [0.15, 0.2) is 0 Å². The molecule has 1 aromatic carbocycles. The molecule has 2 aromatic rings. The number of pyridine rings is 1. The molecule has 6 heteroatoms. The highest BCUT2D eigenvalue weighted by Gasteiger charge is 2.42. The standard InChI is InChI=1S/C23H24N4O2/c24-14-18-5-7-19(8-6-18)22(29)26-13-3-10-23(16-26)11-9-21(28)27(17-23)15-20-4-1-2-12-25-20/h1-2,4-8,12H,3,9-11,13,15-17H2/t23-/m1/s1. The Kier molecular flexibility index (Phi) is 5.30. The van der Waals surface area contributed by atoms with Crippen LogP contribution in [0.2, 0.25) is 0 Å². The average molecular weight is 388 g/mol. The smallest absolute Gasteiger partial charge is 0.253 e. The number of hydrogen-bond donors (Lipinski definition) is 0. The Labute approximate surface area is 170 Å². The van der Waals surface area contributed by atoms with E-state index >= 15 is 0 Å². The lowest BCUT2D eigenvalue weighted by molar-refractivity contribution is -0.139. The fourth-order valence-electron chi connectivity index (χ4n) is 4.52. The summed E-state index contributed by atoms with van der Waals surface area (Å²) in [6.07, 6.45) is 5.05. The third-order valence-corrected chi connectivity index (χ3v) is 6.04. The maximum atomic E-state index is 13.0. The van der Waals surface area contributed by atoms with Crippen molar-refractivity contribution in [1.82, 2.24) is 14.8 Å². The third kappa shape index (κ3) is 4.14. The van der Waals surface area contributed by atoms with Crippen LogP contribution in [0.25, 0.3) is 0 Å². The predicted octanol–water partition coefficient (Wildman–Crippen LogP) is 3.00. The Morgan fingerprint density at radius 1 is 1.14 bits per heavy atom. The van der Waals surface area contributed by atoms with Gasteiger partial charge in [0.1, 0.15) is 0 Å². The molecule has 0 bridgehead atoms. The van der Waals surface area contributed by atoms with Crippen LogP contribution in [0.5, 0.6) is 0 Å². The van der Waals surface area contributed by atoms with Crippen LogP contribution in [0, 0.1) is 16.7 Å². The summed E-state index contributed by atoms with van der Waals surface area (Å²) in [6.45, 7) is 2.58. The normalized spacial score (nSPS) is 21.8. The highest BCUT2D eigenvalue weighted by atomic mass is 16.2. The lowest BCUT2D eigenvalue weighted by Crippen LogP contribution is -2.54. The molecule has 2 amide bonds. The van der Waals surface area contributed by atoms with Crippen molar-refractivity contribution in [2.75, 3.05) is 19.6 Å². The van der Waals surface area contributed by atoms with Gasteiger partial charge in [0.25, 0.3) is 5.91 Å². The molecule has 4 rings (SSSR count). The van der Waals surface area contributed by atoms with E-state index in [1.807, 2.05) is 28.0 Å². The number of aromatic nitrogens is 1. The van der Waals surface area contributed by atoms with Crippen molar-refractivity contribution < 1.29 is 9.59 Å². The van der Waals surface area contributed by atoms with Gasteiger partial charge in [0.2, 0.25) is 5.91 Å². The number of benzene rings is 1. The van der Waals surface area contributed by atoms with Gasteiger partial charge >= 0.3 is 0 Å². The number of rotatable bonds is 3. The van der Waals surface area contributed by atoms with Crippen LogP contribution in [0.4, 0.5) is 0 Å². The monoisotopic (exact) mass is 388 g/mol. The van der Waals surface area contributed by atoms with Crippen molar-refractivity contribution in [3.8, 4) is 6.07 Å². The van der Waals surface area contributed by atoms with Gasteiger partial charge in [-0.3, -0.25) is 14.6 Å². The summed E-state index contributed by atoms with van der Waals surface area (Å²) in [5.41, 5.74) is 1.99. The molecule has 2 aliphatic heterocycles. The van der Waals surface area contributed by atoms with E-state index in [1.54, 1.807) is 30.5 Å². The van der Waals surface area contributed by atoms with E-state index in [4.69, 9.17) is 5.26 Å². The second kappa shape index (κ2) is 8.04. The summed E-state index contributed by atoms with van der Waals surface area (Å²) >= 11 is 0. The number of amides is 2. The van der Waals surface area contributed by atoms with E-state index in [0.29, 0.717) is 37.2 Å². The molecular weight excluding hydrogens is 364 g/mol. The molecule has 0 saturated carbocycles. The zero-order valence-electron chi connectivity index (χ0n) is 16.4. The Bertz CT molecular complexity index is 936. The van der Waals surface area contributed by atoms with Crippen molar-refractivity contribution >= 4 is 11.8 Å². The van der Waals surface area contributed by atoms with Crippen LogP contribution >= 0.6 is 0 Å². The molecule has 1 aromatic heterocycles. The van der Waals surface area contributed by atoms with Crippen molar-refractivity contribution in [3.63, 3.8) is 0 Å². The molecule has 0 N–H and O–H groups in total. The second-order valence-electron chi connectivity index (χ2n) is 8.09. The molecule has 2 saturated heterocycles. The summed E-state index contributed by atoms with van der Waals surface area (Å²) in [5.74, 6) is 0.165. The molecule has 0 radical (unpaired) electrons. The van der Waals surface area contributed by atoms with Crippen LogP contribution in [0.1, 0.15) is 47.3 Å². The van der Waals surface area contributed by atoms with Gasteiger partial charge in [-0.05, 0) is 55.7 Å². The highest BCUT2D eigenvalue weighted by molar-refractivity contribution is 5.94. The van der Waals surface area contributed by atoms with Crippen LogP contribution < -0.4 is 0 Å². The minimum absolute atomic E-state index is 0.00161. The summed E-state index contributed by atoms with van der Waals surface area (Å²) < 4.78 is 0. The largest absolute Gasteiger partial charge is 0.338 e. The molecule has 3 heterocycles. The zero-order chi connectivity index (χ0) is 20.3. The Morgan fingerprint density at radius 2 is 1.97 bits per heavy atom. The summed E-state index contributed by atoms with van der Waals surface area (Å²) in [5, 5.41) is 8.95. The first-order chi connectivity index (χ1) is 14.1. The quantitative estimate of drug-likeness (QED) is 0.810. The molecule has 6 nitrogen and oxygen atoms in total. The fraction of sp³-hybridized carbons (Fsp3) is 0.391. The number of carbonyl (C=O) groups is 2. The second-order valence-corrected chi connectivity index (χ2v) is 8.09. The van der Waals surface area contributed by atoms with Gasteiger partial charge in [-0.2, -0.15) is 5.26 Å². The average Bonchev–Trinajstić information content (AvgIpc) is 2.77. The molecule has 0 unspecified atom stereocenters. The van der Waals surface area contributed by atoms with E-state index < -0.39 is 0 Å². The fourth-order valence-corrected chi connectivity index (χ4v) is 4.52. The number of likely N-dealkylation sites (tertiary alicyclic amines) is 2. The predicted molar refractivity (Wildman–Crippen MR) is 108 cm³/mol.